The van der Waals surface area contributed by atoms with Gasteiger partial charge in [0.25, 0.3) is 0 Å². The molecule has 0 unspecified atom stereocenters. The fraction of sp³-hybridized carbons (Fsp3) is 0.500. The minimum atomic E-state index is 0.242. The molecule has 0 fully saturated rings. The van der Waals surface area contributed by atoms with Crippen molar-refractivity contribution in [3.05, 3.63) is 48.6 Å². The largest absolute Gasteiger partial charge is 0.295 e. The Morgan fingerprint density at radius 2 is 1.58 bits per heavy atom. The number of carbonyl (C=O) groups excluding carboxylic acids is 1. The van der Waals surface area contributed by atoms with E-state index < -0.39 is 0 Å². The van der Waals surface area contributed by atoms with Gasteiger partial charge in [-0.25, -0.2) is 0 Å². The Morgan fingerprint density at radius 3 is 2.21 bits per heavy atom. The van der Waals surface area contributed by atoms with Crippen molar-refractivity contribution in [3.8, 4) is 0 Å². The van der Waals surface area contributed by atoms with Crippen molar-refractivity contribution in [2.24, 2.45) is 5.41 Å². The molecular weight excluding hydrogens is 232 g/mol. The maximum absolute atomic E-state index is 11.6. The SMILES string of the molecule is C/C=C/C=C/C=C\CC/C=C/C(=O)CCC(C)(C)C. The summed E-state index contributed by atoms with van der Waals surface area (Å²) in [5.41, 5.74) is 0.242. The minimum Gasteiger partial charge on any atom is -0.295 e. The van der Waals surface area contributed by atoms with Gasteiger partial charge in [0.05, 0.1) is 0 Å². The predicted molar refractivity (Wildman–Crippen MR) is 85.2 cm³/mol. The third-order valence-corrected chi connectivity index (χ3v) is 2.59. The molecular formula is C18H28O. The van der Waals surface area contributed by atoms with Gasteiger partial charge >= 0.3 is 0 Å². The average Bonchev–Trinajstić information content (AvgIpc) is 2.33. The molecule has 0 spiro atoms. The molecule has 106 valence electrons. The van der Waals surface area contributed by atoms with Gasteiger partial charge in [-0.1, -0.05) is 63.3 Å². The van der Waals surface area contributed by atoms with Gasteiger partial charge in [0.1, 0.15) is 0 Å². The molecule has 0 aliphatic heterocycles. The van der Waals surface area contributed by atoms with Crippen molar-refractivity contribution in [3.63, 3.8) is 0 Å². The molecule has 0 aliphatic carbocycles. The predicted octanol–water partition coefficient (Wildman–Crippen LogP) is 5.41. The third-order valence-electron chi connectivity index (χ3n) is 2.59. The highest BCUT2D eigenvalue weighted by molar-refractivity contribution is 5.89. The van der Waals surface area contributed by atoms with Gasteiger partial charge in [-0.05, 0) is 37.7 Å². The zero-order valence-corrected chi connectivity index (χ0v) is 12.9. The lowest BCUT2D eigenvalue weighted by Crippen LogP contribution is -2.07. The first-order valence-corrected chi connectivity index (χ1v) is 7.09. The van der Waals surface area contributed by atoms with Crippen molar-refractivity contribution in [1.29, 1.82) is 0 Å². The Morgan fingerprint density at radius 1 is 0.947 bits per heavy atom. The van der Waals surface area contributed by atoms with Gasteiger partial charge in [-0.3, -0.25) is 4.79 Å². The van der Waals surface area contributed by atoms with Gasteiger partial charge in [0.2, 0.25) is 0 Å². The first kappa shape index (κ1) is 17.6. The highest BCUT2D eigenvalue weighted by Gasteiger charge is 2.11. The van der Waals surface area contributed by atoms with Crippen LogP contribution in [0.15, 0.2) is 48.6 Å². The van der Waals surface area contributed by atoms with Gasteiger partial charge < -0.3 is 0 Å². The van der Waals surface area contributed by atoms with E-state index in [1.165, 1.54) is 0 Å². The van der Waals surface area contributed by atoms with E-state index >= 15 is 0 Å². The van der Waals surface area contributed by atoms with E-state index in [4.69, 9.17) is 0 Å². The molecule has 0 aromatic heterocycles. The van der Waals surface area contributed by atoms with Gasteiger partial charge in [-0.15, -0.1) is 0 Å². The maximum Gasteiger partial charge on any atom is 0.155 e. The number of allylic oxidation sites excluding steroid dienone is 8. The second-order valence-electron chi connectivity index (χ2n) is 5.85. The summed E-state index contributed by atoms with van der Waals surface area (Å²) in [7, 11) is 0. The molecule has 0 saturated carbocycles. The molecule has 0 aromatic carbocycles. The number of ketones is 1. The summed E-state index contributed by atoms with van der Waals surface area (Å²) in [6, 6.07) is 0. The molecule has 1 heteroatoms. The highest BCUT2D eigenvalue weighted by Crippen LogP contribution is 2.20. The number of rotatable bonds is 8. The second-order valence-corrected chi connectivity index (χ2v) is 5.85. The Bertz CT molecular complexity index is 348. The average molecular weight is 260 g/mol. The molecule has 0 amide bonds. The van der Waals surface area contributed by atoms with Gasteiger partial charge in [-0.2, -0.15) is 0 Å². The van der Waals surface area contributed by atoms with Crippen LogP contribution in [0.4, 0.5) is 0 Å². The Kier molecular flexibility index (Phi) is 9.78. The Labute approximate surface area is 118 Å². The lowest BCUT2D eigenvalue weighted by atomic mass is 9.89. The minimum absolute atomic E-state index is 0.242. The highest BCUT2D eigenvalue weighted by atomic mass is 16.1. The van der Waals surface area contributed by atoms with E-state index in [0.29, 0.717) is 6.42 Å². The van der Waals surface area contributed by atoms with Crippen LogP contribution in [-0.2, 0) is 4.79 Å². The normalized spacial score (nSPS) is 13.5. The standard InChI is InChI=1S/C18H28O/c1-5-6-7-8-9-10-11-12-13-14-17(19)15-16-18(2,3)4/h5-10,13-14H,11-12,15-16H2,1-4H3/b6-5+,8-7+,10-9-,14-13+. The van der Waals surface area contributed by atoms with E-state index in [2.05, 4.69) is 26.8 Å². The van der Waals surface area contributed by atoms with Gasteiger partial charge in [0.15, 0.2) is 5.78 Å². The zero-order valence-electron chi connectivity index (χ0n) is 12.9. The van der Waals surface area contributed by atoms with Crippen LogP contribution in [0.1, 0.15) is 53.4 Å². The third kappa shape index (κ3) is 14.6. The lowest BCUT2D eigenvalue weighted by Gasteiger charge is -2.16. The summed E-state index contributed by atoms with van der Waals surface area (Å²) in [5.74, 6) is 0.242. The molecule has 0 atom stereocenters. The Balaban J connectivity index is 3.71. The first-order valence-electron chi connectivity index (χ1n) is 7.09. The van der Waals surface area contributed by atoms with E-state index in [1.54, 1.807) is 6.08 Å². The zero-order chi connectivity index (χ0) is 14.6. The summed E-state index contributed by atoms with van der Waals surface area (Å²) < 4.78 is 0. The molecule has 0 radical (unpaired) electrons. The molecule has 0 saturated heterocycles. The number of hydrogen-bond donors (Lipinski definition) is 0. The molecule has 0 aliphatic rings. The van der Waals surface area contributed by atoms with Crippen LogP contribution < -0.4 is 0 Å². The van der Waals surface area contributed by atoms with E-state index in [0.717, 1.165) is 19.3 Å². The fourth-order valence-electron chi connectivity index (χ4n) is 1.40. The van der Waals surface area contributed by atoms with Crippen LogP contribution in [0.25, 0.3) is 0 Å². The fourth-order valence-corrected chi connectivity index (χ4v) is 1.40. The van der Waals surface area contributed by atoms with Crippen molar-refractivity contribution in [2.75, 3.05) is 0 Å². The summed E-state index contributed by atoms with van der Waals surface area (Å²) in [6.07, 6.45) is 19.4. The summed E-state index contributed by atoms with van der Waals surface area (Å²) in [5, 5.41) is 0. The van der Waals surface area contributed by atoms with Crippen LogP contribution >= 0.6 is 0 Å². The molecule has 0 heterocycles. The van der Waals surface area contributed by atoms with Crippen LogP contribution in [0.2, 0.25) is 0 Å². The molecule has 0 N–H and O–H groups in total. The van der Waals surface area contributed by atoms with Crippen molar-refractivity contribution in [2.45, 2.75) is 53.4 Å². The topological polar surface area (TPSA) is 17.1 Å². The molecule has 0 bridgehead atoms. The number of hydrogen-bond acceptors (Lipinski definition) is 1. The summed E-state index contributed by atoms with van der Waals surface area (Å²) in [6.45, 7) is 8.48. The smallest absolute Gasteiger partial charge is 0.155 e. The van der Waals surface area contributed by atoms with E-state index in [1.807, 2.05) is 43.4 Å². The van der Waals surface area contributed by atoms with Crippen LogP contribution in [0.5, 0.6) is 0 Å². The monoisotopic (exact) mass is 260 g/mol. The maximum atomic E-state index is 11.6. The van der Waals surface area contributed by atoms with E-state index in [9.17, 15) is 4.79 Å². The summed E-state index contributed by atoms with van der Waals surface area (Å²) >= 11 is 0. The molecule has 19 heavy (non-hydrogen) atoms. The number of carbonyl (C=O) groups is 1. The van der Waals surface area contributed by atoms with E-state index in [-0.39, 0.29) is 11.2 Å². The lowest BCUT2D eigenvalue weighted by molar-refractivity contribution is -0.115. The van der Waals surface area contributed by atoms with Gasteiger partial charge in [0, 0.05) is 6.42 Å². The quantitative estimate of drug-likeness (QED) is 0.324. The van der Waals surface area contributed by atoms with Crippen molar-refractivity contribution in [1.82, 2.24) is 0 Å². The summed E-state index contributed by atoms with van der Waals surface area (Å²) in [4.78, 5) is 11.6. The number of unbranched alkanes of at least 4 members (excludes halogenated alkanes) is 1. The van der Waals surface area contributed by atoms with Crippen LogP contribution in [0.3, 0.4) is 0 Å². The Hall–Kier alpha value is -1.37. The van der Waals surface area contributed by atoms with Crippen LogP contribution in [-0.4, -0.2) is 5.78 Å². The van der Waals surface area contributed by atoms with Crippen LogP contribution in [0, 0.1) is 5.41 Å². The molecule has 1 nitrogen and oxygen atoms in total. The molecule has 0 rings (SSSR count). The first-order chi connectivity index (χ1) is 8.95. The molecule has 0 aromatic rings. The van der Waals surface area contributed by atoms with Crippen molar-refractivity contribution >= 4 is 5.78 Å². The second kappa shape index (κ2) is 10.5. The van der Waals surface area contributed by atoms with Crippen molar-refractivity contribution < 1.29 is 4.79 Å².